The van der Waals surface area contributed by atoms with Crippen molar-refractivity contribution >= 4 is 23.9 Å². The average Bonchev–Trinajstić information content (AvgIpc) is 2.93. The lowest BCUT2D eigenvalue weighted by Gasteiger charge is -2.44. The van der Waals surface area contributed by atoms with Crippen LogP contribution in [-0.4, -0.2) is 64.7 Å². The number of benzene rings is 2. The first-order valence-electron chi connectivity index (χ1n) is 13.6. The Bertz CT molecular complexity index is 1290. The van der Waals surface area contributed by atoms with Gasteiger partial charge in [-0.25, -0.2) is 4.79 Å². The van der Waals surface area contributed by atoms with Crippen LogP contribution >= 0.6 is 0 Å². The molecule has 0 saturated heterocycles. The molecule has 10 heteroatoms. The number of rotatable bonds is 11. The van der Waals surface area contributed by atoms with Gasteiger partial charge in [0.05, 0.1) is 7.11 Å². The third kappa shape index (κ3) is 9.54. The minimum absolute atomic E-state index is 0.0428. The van der Waals surface area contributed by atoms with Gasteiger partial charge in [-0.2, -0.15) is 0 Å². The van der Waals surface area contributed by atoms with E-state index in [-0.39, 0.29) is 12.2 Å². The maximum absolute atomic E-state index is 14.6. The van der Waals surface area contributed by atoms with Gasteiger partial charge >= 0.3 is 12.1 Å². The van der Waals surface area contributed by atoms with E-state index in [1.165, 1.54) is 24.1 Å². The number of esters is 1. The summed E-state index contributed by atoms with van der Waals surface area (Å²) >= 11 is 0. The van der Waals surface area contributed by atoms with Crippen LogP contribution in [0.3, 0.4) is 0 Å². The number of alkyl carbamates (subject to hydrolysis) is 1. The molecule has 0 radical (unpaired) electrons. The molecular formula is C32H41N3O7. The van der Waals surface area contributed by atoms with Crippen LogP contribution in [0.25, 0.3) is 0 Å². The van der Waals surface area contributed by atoms with Gasteiger partial charge in [-0.1, -0.05) is 37.1 Å². The van der Waals surface area contributed by atoms with Crippen molar-refractivity contribution in [1.29, 1.82) is 0 Å². The lowest BCUT2D eigenvalue weighted by molar-refractivity contribution is -0.150. The molecule has 2 atom stereocenters. The number of methoxy groups -OCH3 is 1. The molecule has 0 fully saturated rings. The zero-order valence-corrected chi connectivity index (χ0v) is 25.3. The van der Waals surface area contributed by atoms with E-state index in [0.717, 1.165) is 0 Å². The number of carbonyl (C=O) groups is 4. The molecule has 2 unspecified atom stereocenters. The summed E-state index contributed by atoms with van der Waals surface area (Å²) in [6.07, 6.45) is 5.21. The molecule has 2 aromatic rings. The SMILES string of the molecule is C#Cc1ccc(C(C(=O)NCC(=O)OC)N(C(=O)C(Cc2ccc(O)cc2)NC(=O)OC(C)(C)C)C(C)(C)CC)cc1. The Kier molecular flexibility index (Phi) is 11.5. The van der Waals surface area contributed by atoms with Gasteiger partial charge in [0.15, 0.2) is 0 Å². The number of aromatic hydroxyl groups is 1. The molecule has 0 aliphatic carbocycles. The van der Waals surface area contributed by atoms with Gasteiger partial charge in [-0.3, -0.25) is 14.4 Å². The minimum atomic E-state index is -1.20. The molecule has 0 saturated carbocycles. The highest BCUT2D eigenvalue weighted by atomic mass is 16.6. The van der Waals surface area contributed by atoms with Crippen molar-refractivity contribution in [2.75, 3.05) is 13.7 Å². The standard InChI is InChI=1S/C32H41N3O7/c1-9-21-11-15-23(16-12-21)27(28(38)33-20-26(37)41-8)35(32(6,7)10-2)29(39)25(34-30(40)42-31(3,4)5)19-22-13-17-24(36)18-14-22/h1,11-18,25,27,36H,10,19-20H2,2-8H3,(H,33,38)(H,34,40). The van der Waals surface area contributed by atoms with Gasteiger partial charge in [-0.15, -0.1) is 6.42 Å². The van der Waals surface area contributed by atoms with Crippen molar-refractivity contribution in [2.45, 2.75) is 77.6 Å². The molecular weight excluding hydrogens is 538 g/mol. The topological polar surface area (TPSA) is 134 Å². The molecule has 2 rings (SSSR count). The van der Waals surface area contributed by atoms with Crippen LogP contribution in [0.5, 0.6) is 5.75 Å². The van der Waals surface area contributed by atoms with Gasteiger partial charge in [0, 0.05) is 17.5 Å². The Hall–Kier alpha value is -4.52. The Balaban J connectivity index is 2.67. The third-order valence-corrected chi connectivity index (χ3v) is 6.65. The Labute approximate surface area is 247 Å². The maximum Gasteiger partial charge on any atom is 0.408 e. The van der Waals surface area contributed by atoms with Crippen molar-refractivity contribution in [3.63, 3.8) is 0 Å². The number of hydrogen-bond donors (Lipinski definition) is 3. The van der Waals surface area contributed by atoms with Gasteiger partial charge in [0.25, 0.3) is 0 Å². The first-order chi connectivity index (χ1) is 19.6. The van der Waals surface area contributed by atoms with E-state index in [4.69, 9.17) is 11.2 Å². The van der Waals surface area contributed by atoms with E-state index in [2.05, 4.69) is 21.3 Å². The van der Waals surface area contributed by atoms with Crippen LogP contribution in [0.2, 0.25) is 0 Å². The van der Waals surface area contributed by atoms with Crippen LogP contribution < -0.4 is 10.6 Å². The van der Waals surface area contributed by atoms with E-state index in [9.17, 15) is 24.3 Å². The minimum Gasteiger partial charge on any atom is -0.508 e. The van der Waals surface area contributed by atoms with Gasteiger partial charge in [-0.05, 0) is 76.4 Å². The summed E-state index contributed by atoms with van der Waals surface area (Å²) < 4.78 is 10.1. The Morgan fingerprint density at radius 1 is 1.00 bits per heavy atom. The maximum atomic E-state index is 14.6. The quantitative estimate of drug-likeness (QED) is 0.272. The van der Waals surface area contributed by atoms with E-state index >= 15 is 0 Å². The molecule has 0 heterocycles. The molecule has 0 spiro atoms. The highest BCUT2D eigenvalue weighted by Crippen LogP contribution is 2.33. The van der Waals surface area contributed by atoms with Crippen molar-refractivity contribution < 1.29 is 33.8 Å². The molecule has 226 valence electrons. The van der Waals surface area contributed by atoms with Crippen molar-refractivity contribution in [1.82, 2.24) is 15.5 Å². The van der Waals surface area contributed by atoms with E-state index in [1.807, 2.05) is 20.8 Å². The first-order valence-corrected chi connectivity index (χ1v) is 13.6. The predicted octanol–water partition coefficient (Wildman–Crippen LogP) is 3.86. The number of nitrogens with one attached hydrogen (secondary N) is 2. The number of hydrogen-bond acceptors (Lipinski definition) is 7. The molecule has 3 amide bonds. The van der Waals surface area contributed by atoms with Crippen molar-refractivity contribution in [3.8, 4) is 18.1 Å². The summed E-state index contributed by atoms with van der Waals surface area (Å²) in [5, 5.41) is 15.0. The smallest absolute Gasteiger partial charge is 0.408 e. The summed E-state index contributed by atoms with van der Waals surface area (Å²) in [7, 11) is 1.21. The normalized spacial score (nSPS) is 12.7. The van der Waals surface area contributed by atoms with Crippen LogP contribution in [0, 0.1) is 12.3 Å². The van der Waals surface area contributed by atoms with E-state index < -0.39 is 53.6 Å². The second-order valence-corrected chi connectivity index (χ2v) is 11.4. The summed E-state index contributed by atoms with van der Waals surface area (Å²) in [5.74, 6) is 0.746. The molecule has 0 bridgehead atoms. The highest BCUT2D eigenvalue weighted by molar-refractivity contribution is 5.94. The number of nitrogens with zero attached hydrogens (tertiary/aromatic N) is 1. The fraction of sp³-hybridized carbons (Fsp3) is 0.438. The number of phenolic OH excluding ortho intramolecular Hbond substituents is 1. The van der Waals surface area contributed by atoms with Crippen LogP contribution in [0.15, 0.2) is 48.5 Å². The molecule has 2 aromatic carbocycles. The summed E-state index contributed by atoms with van der Waals surface area (Å²) in [4.78, 5) is 54.5. The fourth-order valence-corrected chi connectivity index (χ4v) is 4.14. The molecule has 42 heavy (non-hydrogen) atoms. The van der Waals surface area contributed by atoms with Gasteiger partial charge in [0.1, 0.15) is 30.0 Å². The summed E-state index contributed by atoms with van der Waals surface area (Å²) in [5.41, 5.74) is -0.0450. The second kappa shape index (κ2) is 14.4. The van der Waals surface area contributed by atoms with Crippen LogP contribution in [0.1, 0.15) is 70.7 Å². The van der Waals surface area contributed by atoms with Gasteiger partial charge < -0.3 is 30.1 Å². The molecule has 0 aliphatic rings. The molecule has 0 aromatic heterocycles. The Morgan fingerprint density at radius 2 is 1.60 bits per heavy atom. The Morgan fingerprint density at radius 3 is 2.10 bits per heavy atom. The monoisotopic (exact) mass is 579 g/mol. The van der Waals surface area contributed by atoms with Crippen LogP contribution in [0.4, 0.5) is 4.79 Å². The lowest BCUT2D eigenvalue weighted by atomic mass is 9.91. The third-order valence-electron chi connectivity index (χ3n) is 6.65. The highest BCUT2D eigenvalue weighted by Gasteiger charge is 2.43. The second-order valence-electron chi connectivity index (χ2n) is 11.4. The first kappa shape index (κ1) is 33.7. The largest absolute Gasteiger partial charge is 0.508 e. The lowest BCUT2D eigenvalue weighted by Crippen LogP contribution is -2.60. The molecule has 10 nitrogen and oxygen atoms in total. The van der Waals surface area contributed by atoms with Crippen LogP contribution in [-0.2, 0) is 30.3 Å². The van der Waals surface area contributed by atoms with Gasteiger partial charge in [0.2, 0.25) is 11.8 Å². The summed E-state index contributed by atoms with van der Waals surface area (Å²) in [6.45, 7) is 10.2. The number of amides is 3. The predicted molar refractivity (Wildman–Crippen MR) is 158 cm³/mol. The zero-order chi connectivity index (χ0) is 31.7. The average molecular weight is 580 g/mol. The number of carbonyl (C=O) groups excluding carboxylic acids is 4. The fourth-order valence-electron chi connectivity index (χ4n) is 4.14. The number of ether oxygens (including phenoxy) is 2. The number of phenols is 1. The molecule has 3 N–H and O–H groups in total. The van der Waals surface area contributed by atoms with E-state index in [0.29, 0.717) is 23.1 Å². The summed E-state index contributed by atoms with van der Waals surface area (Å²) in [6, 6.07) is 10.5. The van der Waals surface area contributed by atoms with E-state index in [1.54, 1.807) is 57.2 Å². The zero-order valence-electron chi connectivity index (χ0n) is 25.3. The molecule has 0 aliphatic heterocycles. The number of terminal acetylenes is 1. The van der Waals surface area contributed by atoms with Crippen molar-refractivity contribution in [2.24, 2.45) is 0 Å². The van der Waals surface area contributed by atoms with Crippen molar-refractivity contribution in [3.05, 3.63) is 65.2 Å².